The average molecular weight is 274 g/mol. The van der Waals surface area contributed by atoms with Crippen molar-refractivity contribution in [3.8, 4) is 23.7 Å². The highest BCUT2D eigenvalue weighted by Crippen LogP contribution is 2.02. The Labute approximate surface area is 121 Å². The molecule has 0 radical (unpaired) electrons. The fraction of sp³-hybridized carbons (Fsp3) is 0.471. The Kier molecular flexibility index (Phi) is 10.9. The summed E-state index contributed by atoms with van der Waals surface area (Å²) in [6, 6.07) is 0. The lowest BCUT2D eigenvalue weighted by Gasteiger charge is -2.05. The van der Waals surface area contributed by atoms with Crippen LogP contribution in [0, 0.1) is 23.7 Å². The van der Waals surface area contributed by atoms with Crippen molar-refractivity contribution in [2.45, 2.75) is 51.7 Å². The van der Waals surface area contributed by atoms with Gasteiger partial charge in [0, 0.05) is 6.92 Å². The summed E-state index contributed by atoms with van der Waals surface area (Å²) in [5, 5.41) is 9.13. The molecule has 20 heavy (non-hydrogen) atoms. The number of ether oxygens (including phenoxy) is 1. The molecule has 0 aliphatic heterocycles. The third kappa shape index (κ3) is 11.1. The summed E-state index contributed by atoms with van der Waals surface area (Å²) in [7, 11) is 0. The van der Waals surface area contributed by atoms with E-state index in [1.807, 2.05) is 6.08 Å². The van der Waals surface area contributed by atoms with Gasteiger partial charge in [-0.3, -0.25) is 4.79 Å². The van der Waals surface area contributed by atoms with E-state index >= 15 is 0 Å². The maximum Gasteiger partial charge on any atom is 0.304 e. The molecule has 0 rings (SSSR count). The van der Waals surface area contributed by atoms with Gasteiger partial charge in [0.25, 0.3) is 0 Å². The second-order valence-electron chi connectivity index (χ2n) is 4.17. The highest BCUT2D eigenvalue weighted by molar-refractivity contribution is 5.66. The Morgan fingerprint density at radius 2 is 2.05 bits per heavy atom. The number of hydrogen-bond acceptors (Lipinski definition) is 3. The van der Waals surface area contributed by atoms with Crippen LogP contribution in [-0.2, 0) is 9.53 Å². The molecule has 2 atom stereocenters. The number of unbranched alkanes of at least 4 members (excludes halogenated alkanes) is 3. The van der Waals surface area contributed by atoms with Crippen molar-refractivity contribution in [2.24, 2.45) is 0 Å². The van der Waals surface area contributed by atoms with E-state index in [0.29, 0.717) is 0 Å². The van der Waals surface area contributed by atoms with Crippen molar-refractivity contribution in [3.63, 3.8) is 0 Å². The molecule has 0 bridgehead atoms. The SMILES string of the molecule is C=C[C@H](O)C#CC#C[C@H](/C=C\CCCCC)OC(C)=O. The fourth-order valence-corrected chi connectivity index (χ4v) is 1.30. The number of rotatable bonds is 7. The van der Waals surface area contributed by atoms with Crippen LogP contribution in [0.1, 0.15) is 39.5 Å². The van der Waals surface area contributed by atoms with Crippen molar-refractivity contribution in [1.82, 2.24) is 0 Å². The highest BCUT2D eigenvalue weighted by atomic mass is 16.5. The minimum atomic E-state index is -0.888. The Balaban J connectivity index is 4.47. The number of carbonyl (C=O) groups excluding carboxylic acids is 1. The van der Waals surface area contributed by atoms with Crippen LogP contribution < -0.4 is 0 Å². The van der Waals surface area contributed by atoms with Crippen molar-refractivity contribution in [2.75, 3.05) is 0 Å². The minimum Gasteiger partial charge on any atom is -0.445 e. The summed E-state index contributed by atoms with van der Waals surface area (Å²) in [4.78, 5) is 11.0. The molecule has 0 saturated carbocycles. The zero-order valence-corrected chi connectivity index (χ0v) is 12.2. The smallest absolute Gasteiger partial charge is 0.304 e. The first-order valence-electron chi connectivity index (χ1n) is 6.75. The van der Waals surface area contributed by atoms with Crippen LogP contribution >= 0.6 is 0 Å². The lowest BCUT2D eigenvalue weighted by atomic mass is 10.2. The van der Waals surface area contributed by atoms with Crippen LogP contribution in [0.15, 0.2) is 24.8 Å². The Morgan fingerprint density at radius 3 is 2.65 bits per heavy atom. The largest absolute Gasteiger partial charge is 0.445 e. The molecule has 0 aliphatic carbocycles. The van der Waals surface area contributed by atoms with E-state index in [1.54, 1.807) is 6.08 Å². The summed E-state index contributed by atoms with van der Waals surface area (Å²) < 4.78 is 5.04. The normalized spacial score (nSPS) is 12.6. The molecule has 0 aromatic carbocycles. The molecule has 0 aromatic heterocycles. The van der Waals surface area contributed by atoms with E-state index in [2.05, 4.69) is 37.2 Å². The van der Waals surface area contributed by atoms with Crippen LogP contribution in [0.5, 0.6) is 0 Å². The summed E-state index contributed by atoms with van der Waals surface area (Å²) >= 11 is 0. The Morgan fingerprint density at radius 1 is 1.35 bits per heavy atom. The lowest BCUT2D eigenvalue weighted by Crippen LogP contribution is -2.11. The predicted molar refractivity (Wildman–Crippen MR) is 80.6 cm³/mol. The van der Waals surface area contributed by atoms with E-state index in [1.165, 1.54) is 25.8 Å². The molecule has 0 aromatic rings. The predicted octanol–water partition coefficient (Wildman–Crippen LogP) is 2.61. The van der Waals surface area contributed by atoms with Crippen LogP contribution in [0.2, 0.25) is 0 Å². The van der Waals surface area contributed by atoms with Gasteiger partial charge in [-0.1, -0.05) is 44.4 Å². The van der Waals surface area contributed by atoms with Crippen LogP contribution in [0.25, 0.3) is 0 Å². The van der Waals surface area contributed by atoms with Crippen molar-refractivity contribution < 1.29 is 14.6 Å². The second-order valence-corrected chi connectivity index (χ2v) is 4.17. The van der Waals surface area contributed by atoms with Crippen LogP contribution in [0.4, 0.5) is 0 Å². The molecular weight excluding hydrogens is 252 g/mol. The zero-order chi connectivity index (χ0) is 15.2. The molecular formula is C17H22O3. The number of allylic oxidation sites excluding steroid dienone is 1. The number of hydrogen-bond donors (Lipinski definition) is 1. The van der Waals surface area contributed by atoms with E-state index < -0.39 is 12.2 Å². The maximum absolute atomic E-state index is 11.0. The summed E-state index contributed by atoms with van der Waals surface area (Å²) in [5.41, 5.74) is 0. The first-order valence-corrected chi connectivity index (χ1v) is 6.75. The molecule has 0 aliphatic rings. The van der Waals surface area contributed by atoms with Crippen molar-refractivity contribution in [3.05, 3.63) is 24.8 Å². The third-order valence-corrected chi connectivity index (χ3v) is 2.30. The fourth-order valence-electron chi connectivity index (χ4n) is 1.30. The minimum absolute atomic E-state index is 0.387. The van der Waals surface area contributed by atoms with Gasteiger partial charge in [-0.05, 0) is 36.7 Å². The molecule has 3 nitrogen and oxygen atoms in total. The van der Waals surface area contributed by atoms with Crippen LogP contribution in [0.3, 0.4) is 0 Å². The van der Waals surface area contributed by atoms with Gasteiger partial charge in [0.1, 0.15) is 6.10 Å². The van der Waals surface area contributed by atoms with Gasteiger partial charge in [-0.2, -0.15) is 0 Å². The third-order valence-electron chi connectivity index (χ3n) is 2.30. The number of carbonyl (C=O) groups is 1. The molecule has 3 heteroatoms. The lowest BCUT2D eigenvalue weighted by molar-refractivity contribution is -0.142. The average Bonchev–Trinajstić information content (AvgIpc) is 2.42. The maximum atomic E-state index is 11.0. The van der Waals surface area contributed by atoms with Crippen molar-refractivity contribution in [1.29, 1.82) is 0 Å². The van der Waals surface area contributed by atoms with Crippen molar-refractivity contribution >= 4 is 5.97 Å². The molecule has 0 fully saturated rings. The number of aliphatic hydroxyl groups excluding tert-OH is 1. The molecule has 108 valence electrons. The quantitative estimate of drug-likeness (QED) is 0.336. The molecule has 1 N–H and O–H groups in total. The van der Waals surface area contributed by atoms with E-state index in [-0.39, 0.29) is 5.97 Å². The summed E-state index contributed by atoms with van der Waals surface area (Å²) in [5.74, 6) is 9.86. The summed E-state index contributed by atoms with van der Waals surface area (Å²) in [6.07, 6.45) is 7.95. The number of esters is 1. The molecule has 0 saturated heterocycles. The van der Waals surface area contributed by atoms with Gasteiger partial charge in [0.2, 0.25) is 0 Å². The van der Waals surface area contributed by atoms with Gasteiger partial charge in [-0.25, -0.2) is 0 Å². The zero-order valence-electron chi connectivity index (χ0n) is 12.2. The van der Waals surface area contributed by atoms with E-state index in [0.717, 1.165) is 12.8 Å². The van der Waals surface area contributed by atoms with E-state index in [9.17, 15) is 4.79 Å². The second kappa shape index (κ2) is 12.1. The molecule has 0 amide bonds. The van der Waals surface area contributed by atoms with E-state index in [4.69, 9.17) is 9.84 Å². The molecule has 0 heterocycles. The topological polar surface area (TPSA) is 46.5 Å². The first-order chi connectivity index (χ1) is 9.60. The van der Waals surface area contributed by atoms with Gasteiger partial charge >= 0.3 is 5.97 Å². The van der Waals surface area contributed by atoms with Gasteiger partial charge in [0.05, 0.1) is 0 Å². The first kappa shape index (κ1) is 18.0. The summed E-state index contributed by atoms with van der Waals surface area (Å²) in [6.45, 7) is 6.88. The van der Waals surface area contributed by atoms with Crippen LogP contribution in [-0.4, -0.2) is 23.3 Å². The monoisotopic (exact) mass is 274 g/mol. The Bertz CT molecular complexity index is 440. The van der Waals surface area contributed by atoms with Gasteiger partial charge in [-0.15, -0.1) is 0 Å². The molecule has 0 unspecified atom stereocenters. The Hall–Kier alpha value is -1.97. The molecule has 0 spiro atoms. The highest BCUT2D eigenvalue weighted by Gasteiger charge is 2.02. The standard InChI is InChI=1S/C17H22O3/c1-4-6-7-8-9-13-17(20-15(3)18)14-11-10-12-16(19)5-2/h5,9,13,16-17,19H,2,4,6-8H2,1,3H3/b13-9-/t16-,17-/m0/s1. The number of aliphatic hydroxyl groups is 1. The van der Waals surface area contributed by atoms with Gasteiger partial charge < -0.3 is 9.84 Å². The van der Waals surface area contributed by atoms with Gasteiger partial charge in [0.15, 0.2) is 6.10 Å².